The summed E-state index contributed by atoms with van der Waals surface area (Å²) < 4.78 is 25.1. The minimum atomic E-state index is -0.664. The van der Waals surface area contributed by atoms with Crippen molar-refractivity contribution in [2.45, 2.75) is 13.3 Å². The molecule has 7 heteroatoms. The van der Waals surface area contributed by atoms with E-state index >= 15 is 0 Å². The Morgan fingerprint density at radius 1 is 0.938 bits per heavy atom. The van der Waals surface area contributed by atoms with Gasteiger partial charge in [0.1, 0.15) is 22.8 Å². The Morgan fingerprint density at radius 2 is 1.66 bits per heavy atom. The van der Waals surface area contributed by atoms with Gasteiger partial charge in [0, 0.05) is 5.39 Å². The summed E-state index contributed by atoms with van der Waals surface area (Å²) in [5, 5.41) is 5.86. The van der Waals surface area contributed by atoms with Crippen molar-refractivity contribution in [3.8, 4) is 5.75 Å². The Labute approximate surface area is 184 Å². The van der Waals surface area contributed by atoms with E-state index in [4.69, 9.17) is 9.15 Å². The molecule has 2 amide bonds. The van der Waals surface area contributed by atoms with Crippen LogP contribution in [0.4, 0.5) is 15.8 Å². The molecule has 0 bridgehead atoms. The van der Waals surface area contributed by atoms with Crippen LogP contribution in [0.1, 0.15) is 23.0 Å². The largest absolute Gasteiger partial charge is 0.494 e. The number of para-hydroxylation sites is 2. The highest BCUT2D eigenvalue weighted by molar-refractivity contribution is 6.14. The molecule has 0 fully saturated rings. The summed E-state index contributed by atoms with van der Waals surface area (Å²) in [6, 6.07) is 20.0. The SMILES string of the molecule is CCOc1ccc(CC(=O)Nc2c(C(=O)Nc3ccccc3F)oc3ccccc23)cc1. The molecule has 0 spiro atoms. The fraction of sp³-hybridized carbons (Fsp3) is 0.120. The van der Waals surface area contributed by atoms with Gasteiger partial charge in [-0.1, -0.05) is 36.4 Å². The second kappa shape index (κ2) is 9.34. The van der Waals surface area contributed by atoms with Crippen LogP contribution in [-0.2, 0) is 11.2 Å². The van der Waals surface area contributed by atoms with Crippen LogP contribution in [0.15, 0.2) is 77.2 Å². The lowest BCUT2D eigenvalue weighted by molar-refractivity contribution is -0.115. The average Bonchev–Trinajstić information content (AvgIpc) is 3.15. The monoisotopic (exact) mass is 432 g/mol. The maximum absolute atomic E-state index is 14.0. The molecule has 32 heavy (non-hydrogen) atoms. The number of hydrogen-bond donors (Lipinski definition) is 2. The van der Waals surface area contributed by atoms with E-state index in [1.807, 2.05) is 19.1 Å². The number of fused-ring (bicyclic) bond motifs is 1. The molecular weight excluding hydrogens is 411 g/mol. The van der Waals surface area contributed by atoms with Gasteiger partial charge >= 0.3 is 0 Å². The summed E-state index contributed by atoms with van der Waals surface area (Å²) >= 11 is 0. The highest BCUT2D eigenvalue weighted by Crippen LogP contribution is 2.32. The first-order valence-corrected chi connectivity index (χ1v) is 10.1. The number of amides is 2. The lowest BCUT2D eigenvalue weighted by Crippen LogP contribution is -2.18. The Bertz CT molecular complexity index is 1260. The third-order valence-electron chi connectivity index (χ3n) is 4.79. The highest BCUT2D eigenvalue weighted by Gasteiger charge is 2.23. The van der Waals surface area contributed by atoms with E-state index in [0.29, 0.717) is 17.6 Å². The Kier molecular flexibility index (Phi) is 6.17. The minimum Gasteiger partial charge on any atom is -0.494 e. The zero-order chi connectivity index (χ0) is 22.5. The zero-order valence-corrected chi connectivity index (χ0v) is 17.4. The third-order valence-corrected chi connectivity index (χ3v) is 4.79. The number of anilines is 2. The van der Waals surface area contributed by atoms with Crippen LogP contribution in [0.2, 0.25) is 0 Å². The van der Waals surface area contributed by atoms with Gasteiger partial charge in [0.25, 0.3) is 5.91 Å². The third kappa shape index (κ3) is 4.62. The lowest BCUT2D eigenvalue weighted by atomic mass is 10.1. The molecule has 0 saturated carbocycles. The maximum Gasteiger partial charge on any atom is 0.293 e. The second-order valence-electron chi connectivity index (χ2n) is 7.04. The molecule has 0 unspecified atom stereocenters. The van der Waals surface area contributed by atoms with Crippen LogP contribution in [0.25, 0.3) is 11.0 Å². The highest BCUT2D eigenvalue weighted by atomic mass is 19.1. The van der Waals surface area contributed by atoms with Gasteiger partial charge in [-0.15, -0.1) is 0 Å². The molecule has 4 rings (SSSR count). The van der Waals surface area contributed by atoms with Gasteiger partial charge in [0.05, 0.1) is 18.7 Å². The number of nitrogens with one attached hydrogen (secondary N) is 2. The fourth-order valence-corrected chi connectivity index (χ4v) is 3.31. The first-order chi connectivity index (χ1) is 15.5. The van der Waals surface area contributed by atoms with Crippen LogP contribution in [0.3, 0.4) is 0 Å². The van der Waals surface area contributed by atoms with Crippen LogP contribution < -0.4 is 15.4 Å². The quantitative estimate of drug-likeness (QED) is 0.410. The van der Waals surface area contributed by atoms with Crippen molar-refractivity contribution in [1.82, 2.24) is 0 Å². The van der Waals surface area contributed by atoms with E-state index in [-0.39, 0.29) is 29.5 Å². The summed E-state index contributed by atoms with van der Waals surface area (Å²) in [6.07, 6.45) is 0.0975. The van der Waals surface area contributed by atoms with Gasteiger partial charge in [-0.3, -0.25) is 9.59 Å². The predicted octanol–water partition coefficient (Wildman–Crippen LogP) is 5.40. The zero-order valence-electron chi connectivity index (χ0n) is 17.4. The maximum atomic E-state index is 14.0. The predicted molar refractivity (Wildman–Crippen MR) is 121 cm³/mol. The number of carbonyl (C=O) groups excluding carboxylic acids is 2. The molecule has 2 N–H and O–H groups in total. The number of benzene rings is 3. The molecule has 0 atom stereocenters. The Balaban J connectivity index is 1.58. The number of halogens is 1. The molecule has 1 heterocycles. The molecule has 0 aliphatic carbocycles. The lowest BCUT2D eigenvalue weighted by Gasteiger charge is -2.08. The molecule has 0 radical (unpaired) electrons. The van der Waals surface area contributed by atoms with Gasteiger partial charge < -0.3 is 19.8 Å². The van der Waals surface area contributed by atoms with E-state index in [0.717, 1.165) is 11.3 Å². The van der Waals surface area contributed by atoms with Crippen LogP contribution >= 0.6 is 0 Å². The number of carbonyl (C=O) groups is 2. The molecule has 6 nitrogen and oxygen atoms in total. The van der Waals surface area contributed by atoms with E-state index in [9.17, 15) is 14.0 Å². The molecular formula is C25H21FN2O4. The van der Waals surface area contributed by atoms with Crippen LogP contribution in [0.5, 0.6) is 5.75 Å². The summed E-state index contributed by atoms with van der Waals surface area (Å²) in [4.78, 5) is 25.6. The smallest absolute Gasteiger partial charge is 0.293 e. The fourth-order valence-electron chi connectivity index (χ4n) is 3.31. The van der Waals surface area contributed by atoms with Gasteiger partial charge in [0.2, 0.25) is 11.7 Å². The van der Waals surface area contributed by atoms with Crippen LogP contribution in [0, 0.1) is 5.82 Å². The minimum absolute atomic E-state index is 0.0182. The van der Waals surface area contributed by atoms with Gasteiger partial charge in [-0.2, -0.15) is 0 Å². The van der Waals surface area contributed by atoms with E-state index in [1.165, 1.54) is 18.2 Å². The normalized spacial score (nSPS) is 10.7. The Hall–Kier alpha value is -4.13. The van der Waals surface area contributed by atoms with Crippen molar-refractivity contribution in [3.05, 3.63) is 89.9 Å². The van der Waals surface area contributed by atoms with Gasteiger partial charge in [-0.05, 0) is 48.9 Å². The molecule has 3 aromatic carbocycles. The van der Waals surface area contributed by atoms with Crippen molar-refractivity contribution in [2.75, 3.05) is 17.2 Å². The first kappa shape index (κ1) is 21.1. The average molecular weight is 432 g/mol. The van der Waals surface area contributed by atoms with E-state index < -0.39 is 11.7 Å². The summed E-state index contributed by atoms with van der Waals surface area (Å²) in [5.74, 6) is -0.930. The molecule has 162 valence electrons. The topological polar surface area (TPSA) is 80.6 Å². The molecule has 0 saturated heterocycles. The van der Waals surface area contributed by atoms with E-state index in [2.05, 4.69) is 10.6 Å². The molecule has 0 aliphatic rings. The molecule has 0 aliphatic heterocycles. The van der Waals surface area contributed by atoms with E-state index in [1.54, 1.807) is 42.5 Å². The van der Waals surface area contributed by atoms with Crippen LogP contribution in [-0.4, -0.2) is 18.4 Å². The van der Waals surface area contributed by atoms with Crippen molar-refractivity contribution in [2.24, 2.45) is 0 Å². The van der Waals surface area contributed by atoms with Crippen molar-refractivity contribution < 1.29 is 23.1 Å². The standard InChI is InChI=1S/C25H21FN2O4/c1-2-31-17-13-11-16(12-14-17)15-22(29)28-23-18-7-3-6-10-21(18)32-24(23)25(30)27-20-9-5-4-8-19(20)26/h3-14H,2,15H2,1H3,(H,27,30)(H,28,29). The van der Waals surface area contributed by atoms with Crippen molar-refractivity contribution in [3.63, 3.8) is 0 Å². The number of furan rings is 1. The van der Waals surface area contributed by atoms with Crippen molar-refractivity contribution >= 4 is 34.2 Å². The second-order valence-corrected chi connectivity index (χ2v) is 7.04. The molecule has 4 aromatic rings. The Morgan fingerprint density at radius 3 is 2.41 bits per heavy atom. The summed E-state index contributed by atoms with van der Waals surface area (Å²) in [6.45, 7) is 2.46. The number of rotatable bonds is 7. The number of hydrogen-bond acceptors (Lipinski definition) is 4. The first-order valence-electron chi connectivity index (χ1n) is 10.1. The molecule has 1 aromatic heterocycles. The number of ether oxygens (including phenoxy) is 1. The van der Waals surface area contributed by atoms with Crippen molar-refractivity contribution in [1.29, 1.82) is 0 Å². The summed E-state index contributed by atoms with van der Waals surface area (Å²) in [7, 11) is 0. The van der Waals surface area contributed by atoms with Gasteiger partial charge in [0.15, 0.2) is 0 Å². The summed E-state index contributed by atoms with van der Waals surface area (Å²) in [5.41, 5.74) is 1.48. The van der Waals surface area contributed by atoms with Gasteiger partial charge in [-0.25, -0.2) is 4.39 Å².